The summed E-state index contributed by atoms with van der Waals surface area (Å²) in [7, 11) is 0. The van der Waals surface area contributed by atoms with Gasteiger partial charge in [0, 0.05) is 12.2 Å². The molecule has 0 fully saturated rings. The second-order valence-electron chi connectivity index (χ2n) is 5.82. The molecule has 0 aliphatic heterocycles. The number of unbranched alkanes of at least 4 members (excludes halogenated alkanes) is 1. The third-order valence-electron chi connectivity index (χ3n) is 3.56. The van der Waals surface area contributed by atoms with Gasteiger partial charge < -0.3 is 20.7 Å². The fourth-order valence-electron chi connectivity index (χ4n) is 2.26. The molecule has 6 heteroatoms. The fourth-order valence-corrected chi connectivity index (χ4v) is 2.26. The molecule has 3 N–H and O–H groups in total. The third-order valence-corrected chi connectivity index (χ3v) is 3.56. The van der Waals surface area contributed by atoms with E-state index in [1.165, 1.54) is 0 Å². The lowest BCUT2D eigenvalue weighted by atomic mass is 10.3. The zero-order valence-corrected chi connectivity index (χ0v) is 17.7. The summed E-state index contributed by atoms with van der Waals surface area (Å²) in [5.74, 6) is 1.32. The Morgan fingerprint density at radius 3 is 2.33 bits per heavy atom. The highest BCUT2D eigenvalue weighted by atomic mass is 127. The fraction of sp³-hybridized carbons (Fsp3) is 0.611. The molecule has 138 valence electrons. The van der Waals surface area contributed by atoms with Crippen LogP contribution in [0.5, 0.6) is 5.75 Å². The molecule has 0 bridgehead atoms. The Balaban J connectivity index is 0.00000529. The van der Waals surface area contributed by atoms with Crippen LogP contribution in [0.3, 0.4) is 0 Å². The molecular formula is C18H33IN4O. The molecule has 0 unspecified atom stereocenters. The molecule has 0 amide bonds. The van der Waals surface area contributed by atoms with Crippen LogP contribution < -0.4 is 15.8 Å². The van der Waals surface area contributed by atoms with Gasteiger partial charge >= 0.3 is 0 Å². The van der Waals surface area contributed by atoms with Crippen LogP contribution in [0.15, 0.2) is 29.3 Å². The number of anilines is 1. The van der Waals surface area contributed by atoms with Gasteiger partial charge in [0.05, 0.1) is 6.10 Å². The molecule has 1 aromatic carbocycles. The number of nitrogens with zero attached hydrogens (tertiary/aromatic N) is 2. The molecule has 0 heterocycles. The Labute approximate surface area is 164 Å². The first-order valence-corrected chi connectivity index (χ1v) is 8.61. The summed E-state index contributed by atoms with van der Waals surface area (Å²) in [6, 6.07) is 7.75. The zero-order chi connectivity index (χ0) is 17.1. The minimum atomic E-state index is 0. The number of hydrogen-bond donors (Lipinski definition) is 2. The molecule has 5 nitrogen and oxygen atoms in total. The van der Waals surface area contributed by atoms with Crippen molar-refractivity contribution in [2.75, 3.05) is 31.5 Å². The molecular weight excluding hydrogens is 415 g/mol. The van der Waals surface area contributed by atoms with Crippen molar-refractivity contribution in [3.63, 3.8) is 0 Å². The lowest BCUT2D eigenvalue weighted by Gasteiger charge is -2.17. The maximum Gasteiger partial charge on any atom is 0.193 e. The van der Waals surface area contributed by atoms with Crippen molar-refractivity contribution < 1.29 is 4.74 Å². The number of ether oxygens (including phenoxy) is 1. The first-order valence-electron chi connectivity index (χ1n) is 8.61. The van der Waals surface area contributed by atoms with Gasteiger partial charge in [-0.2, -0.15) is 0 Å². The number of halogens is 1. The number of nitrogens with two attached hydrogens (primary N) is 1. The largest absolute Gasteiger partial charge is 0.491 e. The number of nitrogens with one attached hydrogen (secondary N) is 1. The van der Waals surface area contributed by atoms with Crippen molar-refractivity contribution in [3.05, 3.63) is 24.3 Å². The van der Waals surface area contributed by atoms with Crippen molar-refractivity contribution >= 4 is 35.6 Å². The van der Waals surface area contributed by atoms with Gasteiger partial charge in [-0.3, -0.25) is 4.99 Å². The van der Waals surface area contributed by atoms with Crippen molar-refractivity contribution in [2.24, 2.45) is 10.7 Å². The number of aliphatic imine (C=N–C) groups is 1. The van der Waals surface area contributed by atoms with Crippen molar-refractivity contribution in [1.29, 1.82) is 0 Å². The summed E-state index contributed by atoms with van der Waals surface area (Å²) in [5.41, 5.74) is 6.84. The Morgan fingerprint density at radius 1 is 1.17 bits per heavy atom. The Bertz CT molecular complexity index is 459. The summed E-state index contributed by atoms with van der Waals surface area (Å²) < 4.78 is 5.61. The maximum absolute atomic E-state index is 5.92. The van der Waals surface area contributed by atoms with Crippen LogP contribution in [0.1, 0.15) is 40.5 Å². The molecule has 0 spiro atoms. The molecule has 0 saturated heterocycles. The highest BCUT2D eigenvalue weighted by Crippen LogP contribution is 2.16. The van der Waals surface area contributed by atoms with Crippen LogP contribution in [0.25, 0.3) is 0 Å². The summed E-state index contributed by atoms with van der Waals surface area (Å²) in [6.07, 6.45) is 2.39. The van der Waals surface area contributed by atoms with Crippen molar-refractivity contribution in [3.8, 4) is 5.75 Å². The smallest absolute Gasteiger partial charge is 0.193 e. The Morgan fingerprint density at radius 2 is 1.79 bits per heavy atom. The predicted octanol–water partition coefficient (Wildman–Crippen LogP) is 3.94. The molecule has 0 aromatic heterocycles. The van der Waals surface area contributed by atoms with Gasteiger partial charge in [-0.15, -0.1) is 24.0 Å². The van der Waals surface area contributed by atoms with Crippen LogP contribution in [-0.4, -0.2) is 43.1 Å². The number of guanidine groups is 1. The van der Waals surface area contributed by atoms with E-state index in [0.29, 0.717) is 5.96 Å². The van der Waals surface area contributed by atoms with E-state index in [2.05, 4.69) is 29.1 Å². The molecule has 24 heavy (non-hydrogen) atoms. The van der Waals surface area contributed by atoms with Crippen molar-refractivity contribution in [2.45, 2.75) is 46.6 Å². The number of benzene rings is 1. The van der Waals surface area contributed by atoms with Gasteiger partial charge in [-0.1, -0.05) is 13.8 Å². The van der Waals surface area contributed by atoms with E-state index in [0.717, 1.165) is 50.5 Å². The standard InChI is InChI=1S/C18H32N4O.HI/c1-5-22(6-2)14-8-7-13-20-18(19)21-16-9-11-17(12-10-16)23-15(3)4;/h9-12,15H,5-8,13-14H2,1-4H3,(H3,19,20,21);1H. The van der Waals surface area contributed by atoms with E-state index < -0.39 is 0 Å². The predicted molar refractivity (Wildman–Crippen MR) is 115 cm³/mol. The molecule has 0 aliphatic carbocycles. The van der Waals surface area contributed by atoms with Gasteiger partial charge in [0.2, 0.25) is 0 Å². The minimum absolute atomic E-state index is 0. The van der Waals surface area contributed by atoms with Crippen LogP contribution in [0.4, 0.5) is 5.69 Å². The second kappa shape index (κ2) is 13.3. The molecule has 0 saturated carbocycles. The number of hydrogen-bond acceptors (Lipinski definition) is 3. The van der Waals surface area contributed by atoms with Crippen LogP contribution in [-0.2, 0) is 0 Å². The van der Waals surface area contributed by atoms with E-state index in [-0.39, 0.29) is 30.1 Å². The molecule has 0 aliphatic rings. The maximum atomic E-state index is 5.92. The lowest BCUT2D eigenvalue weighted by Crippen LogP contribution is -2.24. The van der Waals surface area contributed by atoms with E-state index >= 15 is 0 Å². The average Bonchev–Trinajstić information content (AvgIpc) is 2.52. The van der Waals surface area contributed by atoms with E-state index in [4.69, 9.17) is 10.5 Å². The van der Waals surface area contributed by atoms with E-state index in [1.807, 2.05) is 38.1 Å². The normalized spacial score (nSPS) is 11.5. The highest BCUT2D eigenvalue weighted by molar-refractivity contribution is 14.0. The SMILES string of the molecule is CCN(CC)CCCCN=C(N)Nc1ccc(OC(C)C)cc1.I. The molecule has 0 radical (unpaired) electrons. The first-order chi connectivity index (χ1) is 11.0. The van der Waals surface area contributed by atoms with Crippen molar-refractivity contribution in [1.82, 2.24) is 4.90 Å². The molecule has 0 atom stereocenters. The summed E-state index contributed by atoms with van der Waals surface area (Å²) in [4.78, 5) is 6.80. The van der Waals surface area contributed by atoms with Gasteiger partial charge in [-0.05, 0) is 70.6 Å². The zero-order valence-electron chi connectivity index (χ0n) is 15.4. The average molecular weight is 448 g/mol. The van der Waals surface area contributed by atoms with Gasteiger partial charge in [0.15, 0.2) is 5.96 Å². The second-order valence-corrected chi connectivity index (χ2v) is 5.82. The summed E-state index contributed by atoms with van der Waals surface area (Å²) in [5, 5.41) is 3.11. The topological polar surface area (TPSA) is 62.9 Å². The van der Waals surface area contributed by atoms with Gasteiger partial charge in [0.1, 0.15) is 5.75 Å². The van der Waals surface area contributed by atoms with Crippen LogP contribution >= 0.6 is 24.0 Å². The molecule has 1 rings (SSSR count). The van der Waals surface area contributed by atoms with Gasteiger partial charge in [-0.25, -0.2) is 0 Å². The van der Waals surface area contributed by atoms with Gasteiger partial charge in [0.25, 0.3) is 0 Å². The Kier molecular flexibility index (Phi) is 12.7. The van der Waals surface area contributed by atoms with Crippen LogP contribution in [0, 0.1) is 0 Å². The summed E-state index contributed by atoms with van der Waals surface area (Å²) in [6.45, 7) is 12.5. The van der Waals surface area contributed by atoms with E-state index in [1.54, 1.807) is 0 Å². The lowest BCUT2D eigenvalue weighted by molar-refractivity contribution is 0.242. The quantitative estimate of drug-likeness (QED) is 0.246. The monoisotopic (exact) mass is 448 g/mol. The highest BCUT2D eigenvalue weighted by Gasteiger charge is 2.00. The summed E-state index contributed by atoms with van der Waals surface area (Å²) >= 11 is 0. The minimum Gasteiger partial charge on any atom is -0.491 e. The molecule has 1 aromatic rings. The Hall–Kier alpha value is -1.02. The van der Waals surface area contributed by atoms with E-state index in [9.17, 15) is 0 Å². The number of rotatable bonds is 10. The van der Waals surface area contributed by atoms with Crippen LogP contribution in [0.2, 0.25) is 0 Å². The third kappa shape index (κ3) is 9.97. The first kappa shape index (κ1) is 23.0.